The number of alkyl halides is 3. The van der Waals surface area contributed by atoms with Crippen LogP contribution in [-0.2, 0) is 21.1 Å². The third-order valence-corrected chi connectivity index (χ3v) is 4.29. The number of hydrogen-bond acceptors (Lipinski definition) is 3. The van der Waals surface area contributed by atoms with E-state index in [0.29, 0.717) is 5.70 Å². The van der Waals surface area contributed by atoms with Gasteiger partial charge in [0.05, 0.1) is 17.2 Å². The number of primary amides is 1. The van der Waals surface area contributed by atoms with Crippen molar-refractivity contribution in [1.82, 2.24) is 5.32 Å². The van der Waals surface area contributed by atoms with Crippen LogP contribution in [0, 0.1) is 0 Å². The number of halogens is 4. The highest BCUT2D eigenvalue weighted by atomic mass is 35.5. The van der Waals surface area contributed by atoms with Gasteiger partial charge in [-0.1, -0.05) is 35.9 Å². The van der Waals surface area contributed by atoms with Crippen molar-refractivity contribution >= 4 is 23.6 Å². The van der Waals surface area contributed by atoms with Crippen molar-refractivity contribution in [3.63, 3.8) is 0 Å². The van der Waals surface area contributed by atoms with Crippen LogP contribution in [0.2, 0.25) is 5.02 Å². The Balaban J connectivity index is 2.56. The van der Waals surface area contributed by atoms with E-state index >= 15 is 0 Å². The summed E-state index contributed by atoms with van der Waals surface area (Å²) in [5, 5.41) is 1.77. The van der Waals surface area contributed by atoms with Gasteiger partial charge in [-0.25, -0.2) is 4.79 Å². The molecule has 5 nitrogen and oxygen atoms in total. The van der Waals surface area contributed by atoms with Gasteiger partial charge in [0.1, 0.15) is 5.41 Å². The molecule has 2 amide bonds. The Labute approximate surface area is 152 Å². The number of benzene rings is 1. The van der Waals surface area contributed by atoms with Crippen LogP contribution in [0.15, 0.2) is 42.1 Å². The average molecular weight is 389 g/mol. The molecule has 0 aliphatic heterocycles. The van der Waals surface area contributed by atoms with Crippen molar-refractivity contribution < 1.29 is 27.5 Å². The van der Waals surface area contributed by atoms with Crippen LogP contribution < -0.4 is 11.1 Å². The first-order chi connectivity index (χ1) is 12.1. The van der Waals surface area contributed by atoms with Crippen LogP contribution in [-0.4, -0.2) is 18.6 Å². The number of nitrogens with two attached hydrogens (primary N) is 1. The number of amides is 2. The van der Waals surface area contributed by atoms with Crippen LogP contribution in [0.25, 0.3) is 0 Å². The standard InChI is InChI=1S/C17H16ClF3N2O3/c1-2-26-14(24)16(8-6-10(7-9-16)23-15(22)25)11-4-3-5-12(13(11)18)17(19,20)21/h3-8H,2,9H2,1H3,(H3,22,23,25). The lowest BCUT2D eigenvalue weighted by Gasteiger charge is -2.32. The topological polar surface area (TPSA) is 81.4 Å². The van der Waals surface area contributed by atoms with Gasteiger partial charge in [0.25, 0.3) is 0 Å². The summed E-state index contributed by atoms with van der Waals surface area (Å²) in [6.07, 6.45) is -0.521. The van der Waals surface area contributed by atoms with Gasteiger partial charge in [-0.3, -0.25) is 4.79 Å². The molecule has 0 fully saturated rings. The molecule has 0 saturated carbocycles. The first kappa shape index (κ1) is 19.8. The monoisotopic (exact) mass is 388 g/mol. The average Bonchev–Trinajstić information content (AvgIpc) is 2.54. The molecule has 1 aliphatic rings. The second-order valence-corrected chi connectivity index (χ2v) is 5.92. The van der Waals surface area contributed by atoms with Crippen LogP contribution >= 0.6 is 11.6 Å². The Kier molecular flexibility index (Phi) is 5.65. The van der Waals surface area contributed by atoms with Gasteiger partial charge < -0.3 is 15.8 Å². The molecule has 0 saturated heterocycles. The predicted molar refractivity (Wildman–Crippen MR) is 89.3 cm³/mol. The molecule has 1 atom stereocenters. The molecule has 0 radical (unpaired) electrons. The first-order valence-electron chi connectivity index (χ1n) is 7.61. The van der Waals surface area contributed by atoms with Gasteiger partial charge in [0.2, 0.25) is 0 Å². The molecule has 1 aliphatic carbocycles. The van der Waals surface area contributed by atoms with Gasteiger partial charge in [-0.15, -0.1) is 0 Å². The number of allylic oxidation sites excluding steroid dienone is 2. The van der Waals surface area contributed by atoms with E-state index in [1.807, 2.05) is 0 Å². The molecule has 140 valence electrons. The van der Waals surface area contributed by atoms with E-state index in [1.165, 1.54) is 30.4 Å². The minimum Gasteiger partial charge on any atom is -0.465 e. The normalized spacial score (nSPS) is 19.7. The Bertz CT molecular complexity index is 790. The largest absolute Gasteiger partial charge is 0.465 e. The van der Waals surface area contributed by atoms with Crippen LogP contribution in [0.4, 0.5) is 18.0 Å². The van der Waals surface area contributed by atoms with E-state index in [9.17, 15) is 22.8 Å². The fourth-order valence-corrected chi connectivity index (χ4v) is 3.09. The molecule has 1 unspecified atom stereocenters. The van der Waals surface area contributed by atoms with Gasteiger partial charge >= 0.3 is 18.2 Å². The number of nitrogens with one attached hydrogen (secondary N) is 1. The molecule has 9 heteroatoms. The Morgan fingerprint density at radius 1 is 1.38 bits per heavy atom. The summed E-state index contributed by atoms with van der Waals surface area (Å²) in [7, 11) is 0. The predicted octanol–water partition coefficient (Wildman–Crippen LogP) is 3.67. The minimum absolute atomic E-state index is 0.0296. The smallest absolute Gasteiger partial charge is 0.417 e. The number of ether oxygens (including phenoxy) is 1. The third-order valence-electron chi connectivity index (χ3n) is 3.88. The highest BCUT2D eigenvalue weighted by Crippen LogP contribution is 2.44. The Morgan fingerprint density at radius 3 is 2.58 bits per heavy atom. The maximum absolute atomic E-state index is 13.2. The molecule has 26 heavy (non-hydrogen) atoms. The molecular formula is C17H16ClF3N2O3. The molecule has 1 aromatic rings. The summed E-state index contributed by atoms with van der Waals surface area (Å²) >= 11 is 6.01. The summed E-state index contributed by atoms with van der Waals surface area (Å²) in [6.45, 7) is 1.63. The lowest BCUT2D eigenvalue weighted by atomic mass is 9.74. The molecule has 2 rings (SSSR count). The van der Waals surface area contributed by atoms with Crippen molar-refractivity contribution in [1.29, 1.82) is 0 Å². The molecule has 1 aromatic carbocycles. The fourth-order valence-electron chi connectivity index (χ4n) is 2.69. The third kappa shape index (κ3) is 3.85. The second-order valence-electron chi connectivity index (χ2n) is 5.54. The van der Waals surface area contributed by atoms with Gasteiger partial charge in [0, 0.05) is 5.70 Å². The summed E-state index contributed by atoms with van der Waals surface area (Å²) in [4.78, 5) is 23.6. The lowest BCUT2D eigenvalue weighted by molar-refractivity contribution is -0.148. The lowest BCUT2D eigenvalue weighted by Crippen LogP contribution is -2.38. The van der Waals surface area contributed by atoms with E-state index in [1.54, 1.807) is 6.92 Å². The highest BCUT2D eigenvalue weighted by molar-refractivity contribution is 6.32. The molecule has 3 N–H and O–H groups in total. The second kappa shape index (κ2) is 7.41. The number of carbonyl (C=O) groups is 2. The SMILES string of the molecule is CCOC(=O)C1(c2cccc(C(F)(F)F)c2Cl)C=CC(NC(N)=O)=CC1. The summed E-state index contributed by atoms with van der Waals surface area (Å²) in [5.74, 6) is -0.744. The maximum Gasteiger partial charge on any atom is 0.417 e. The molecule has 0 spiro atoms. The molecule has 0 aromatic heterocycles. The van der Waals surface area contributed by atoms with Crippen molar-refractivity contribution in [2.24, 2.45) is 5.73 Å². The highest BCUT2D eigenvalue weighted by Gasteiger charge is 2.44. The number of carbonyl (C=O) groups excluding carboxylic acids is 2. The van der Waals surface area contributed by atoms with Gasteiger partial charge in [-0.05, 0) is 31.1 Å². The number of urea groups is 1. The number of hydrogen-bond donors (Lipinski definition) is 2. The Morgan fingerprint density at radius 2 is 2.08 bits per heavy atom. The number of rotatable bonds is 4. The van der Waals surface area contributed by atoms with E-state index in [4.69, 9.17) is 22.1 Å². The van der Waals surface area contributed by atoms with Gasteiger partial charge in [-0.2, -0.15) is 13.2 Å². The van der Waals surface area contributed by atoms with E-state index in [0.717, 1.165) is 6.07 Å². The summed E-state index contributed by atoms with van der Waals surface area (Å²) in [5.41, 5.74) is 2.74. The zero-order chi connectivity index (χ0) is 19.5. The quantitative estimate of drug-likeness (QED) is 0.772. The molecular weight excluding hydrogens is 373 g/mol. The van der Waals surface area contributed by atoms with Crippen LogP contribution in [0.3, 0.4) is 0 Å². The first-order valence-corrected chi connectivity index (χ1v) is 7.99. The summed E-state index contributed by atoms with van der Waals surface area (Å²) < 4.78 is 44.6. The molecule has 0 bridgehead atoms. The summed E-state index contributed by atoms with van der Waals surface area (Å²) in [6, 6.07) is 2.56. The van der Waals surface area contributed by atoms with Crippen LogP contribution in [0.1, 0.15) is 24.5 Å². The zero-order valence-corrected chi connectivity index (χ0v) is 14.4. The Hall–Kier alpha value is -2.48. The van der Waals surface area contributed by atoms with E-state index in [2.05, 4.69) is 5.32 Å². The number of esters is 1. The zero-order valence-electron chi connectivity index (χ0n) is 13.7. The maximum atomic E-state index is 13.2. The minimum atomic E-state index is -4.67. The van der Waals surface area contributed by atoms with Crippen LogP contribution in [0.5, 0.6) is 0 Å². The van der Waals surface area contributed by atoms with Crippen molar-refractivity contribution in [3.05, 3.63) is 58.3 Å². The van der Waals surface area contributed by atoms with Gasteiger partial charge in [0.15, 0.2) is 0 Å². The van der Waals surface area contributed by atoms with Crippen molar-refractivity contribution in [2.75, 3.05) is 6.61 Å². The van der Waals surface area contributed by atoms with Crippen molar-refractivity contribution in [3.8, 4) is 0 Å². The molecule has 0 heterocycles. The fraction of sp³-hybridized carbons (Fsp3) is 0.294. The van der Waals surface area contributed by atoms with E-state index < -0.39 is 34.2 Å². The van der Waals surface area contributed by atoms with Crippen molar-refractivity contribution in [2.45, 2.75) is 24.9 Å². The van der Waals surface area contributed by atoms with E-state index in [-0.39, 0.29) is 18.6 Å².